The Balaban J connectivity index is 1.92. The molecule has 1 aromatic heterocycles. The molecule has 1 atom stereocenters. The highest BCUT2D eigenvalue weighted by Gasteiger charge is 2.24. The lowest BCUT2D eigenvalue weighted by Gasteiger charge is -2.35. The third-order valence-corrected chi connectivity index (χ3v) is 3.96. The fourth-order valence-corrected chi connectivity index (χ4v) is 2.93. The van der Waals surface area contributed by atoms with Crippen molar-refractivity contribution in [2.45, 2.75) is 45.2 Å². The van der Waals surface area contributed by atoms with Crippen LogP contribution in [0.15, 0.2) is 12.3 Å². The van der Waals surface area contributed by atoms with Gasteiger partial charge in [-0.05, 0) is 40.3 Å². The van der Waals surface area contributed by atoms with E-state index in [2.05, 4.69) is 34.5 Å². The zero-order valence-electron chi connectivity index (χ0n) is 13.3. The number of anilines is 1. The summed E-state index contributed by atoms with van der Waals surface area (Å²) in [5, 5.41) is 10.4. The van der Waals surface area contributed by atoms with E-state index >= 15 is 0 Å². The van der Waals surface area contributed by atoms with E-state index in [1.807, 2.05) is 17.8 Å². The van der Waals surface area contributed by atoms with E-state index < -0.39 is 0 Å². The number of amides is 1. The predicted molar refractivity (Wildman–Crippen MR) is 84.4 cm³/mol. The van der Waals surface area contributed by atoms with Gasteiger partial charge in [0.1, 0.15) is 5.82 Å². The molecule has 2 rings (SSSR count). The van der Waals surface area contributed by atoms with Crippen LogP contribution in [0.4, 0.5) is 5.82 Å². The van der Waals surface area contributed by atoms with Crippen LogP contribution in [0.5, 0.6) is 0 Å². The first-order valence-electron chi connectivity index (χ1n) is 7.84. The number of piperidine rings is 1. The van der Waals surface area contributed by atoms with Crippen molar-refractivity contribution in [1.82, 2.24) is 20.0 Å². The fourth-order valence-electron chi connectivity index (χ4n) is 2.93. The van der Waals surface area contributed by atoms with Gasteiger partial charge in [-0.25, -0.2) is 4.68 Å². The molecule has 0 bridgehead atoms. The molecule has 2 N–H and O–H groups in total. The van der Waals surface area contributed by atoms with Crippen molar-refractivity contribution in [1.29, 1.82) is 0 Å². The predicted octanol–water partition coefficient (Wildman–Crippen LogP) is 1.48. The molecule has 6 heteroatoms. The topological polar surface area (TPSA) is 62.2 Å². The Kier molecular flexibility index (Phi) is 5.76. The quantitative estimate of drug-likeness (QED) is 0.834. The van der Waals surface area contributed by atoms with Gasteiger partial charge in [-0.1, -0.05) is 6.42 Å². The molecule has 1 aliphatic heterocycles. The van der Waals surface area contributed by atoms with Crippen LogP contribution in [0.25, 0.3) is 0 Å². The Morgan fingerprint density at radius 1 is 1.48 bits per heavy atom. The molecule has 1 aliphatic rings. The molecule has 1 amide bonds. The Morgan fingerprint density at radius 2 is 2.29 bits per heavy atom. The maximum absolute atomic E-state index is 12.3. The van der Waals surface area contributed by atoms with Crippen molar-refractivity contribution in [3.8, 4) is 0 Å². The van der Waals surface area contributed by atoms with E-state index in [0.717, 1.165) is 25.3 Å². The van der Waals surface area contributed by atoms with Gasteiger partial charge in [0.2, 0.25) is 5.91 Å². The van der Waals surface area contributed by atoms with Crippen LogP contribution in [0.3, 0.4) is 0 Å². The van der Waals surface area contributed by atoms with Crippen molar-refractivity contribution in [2.24, 2.45) is 0 Å². The zero-order chi connectivity index (χ0) is 15.2. The minimum absolute atomic E-state index is 0.0420. The summed E-state index contributed by atoms with van der Waals surface area (Å²) in [4.78, 5) is 14.6. The van der Waals surface area contributed by atoms with E-state index in [1.54, 1.807) is 6.20 Å². The summed E-state index contributed by atoms with van der Waals surface area (Å²) >= 11 is 0. The molecule has 1 saturated heterocycles. The van der Waals surface area contributed by atoms with Crippen molar-refractivity contribution in [3.63, 3.8) is 0 Å². The Bertz CT molecular complexity index is 455. The number of likely N-dealkylation sites (tertiary alicyclic amines) is 1. The maximum atomic E-state index is 12.3. The lowest BCUT2D eigenvalue weighted by atomic mass is 10.0. The average molecular weight is 293 g/mol. The summed E-state index contributed by atoms with van der Waals surface area (Å²) < 4.78 is 1.83. The number of carbonyl (C=O) groups is 1. The minimum atomic E-state index is 0.0420. The highest BCUT2D eigenvalue weighted by molar-refractivity contribution is 5.91. The summed E-state index contributed by atoms with van der Waals surface area (Å²) in [6.07, 6.45) is 5.32. The van der Waals surface area contributed by atoms with Crippen molar-refractivity contribution < 1.29 is 4.79 Å². The van der Waals surface area contributed by atoms with Crippen LogP contribution >= 0.6 is 0 Å². The number of nitrogens with zero attached hydrogens (tertiary/aromatic N) is 3. The normalized spacial score (nSPS) is 19.9. The summed E-state index contributed by atoms with van der Waals surface area (Å²) in [5.41, 5.74) is 0. The molecular weight excluding hydrogens is 266 g/mol. The van der Waals surface area contributed by atoms with Crippen LogP contribution in [-0.4, -0.2) is 53.3 Å². The minimum Gasteiger partial charge on any atom is -0.318 e. The van der Waals surface area contributed by atoms with Crippen molar-refractivity contribution in [3.05, 3.63) is 12.3 Å². The largest absolute Gasteiger partial charge is 0.318 e. The van der Waals surface area contributed by atoms with Gasteiger partial charge in [0.05, 0.1) is 12.7 Å². The smallest absolute Gasteiger partial charge is 0.239 e. The van der Waals surface area contributed by atoms with Crippen LogP contribution in [-0.2, 0) is 4.79 Å². The molecule has 118 valence electrons. The van der Waals surface area contributed by atoms with Crippen LogP contribution < -0.4 is 10.6 Å². The zero-order valence-corrected chi connectivity index (χ0v) is 13.3. The van der Waals surface area contributed by atoms with Gasteiger partial charge in [-0.3, -0.25) is 9.69 Å². The summed E-state index contributed by atoms with van der Waals surface area (Å²) in [6.45, 7) is 6.50. The van der Waals surface area contributed by atoms with E-state index in [9.17, 15) is 4.79 Å². The second-order valence-electron chi connectivity index (χ2n) is 5.98. The highest BCUT2D eigenvalue weighted by atomic mass is 16.2. The summed E-state index contributed by atoms with van der Waals surface area (Å²) in [6, 6.07) is 2.55. The van der Waals surface area contributed by atoms with Gasteiger partial charge in [0.15, 0.2) is 0 Å². The number of carbonyl (C=O) groups excluding carboxylic acids is 1. The first-order chi connectivity index (χ1) is 10.1. The van der Waals surface area contributed by atoms with E-state index in [-0.39, 0.29) is 11.9 Å². The third kappa shape index (κ3) is 4.28. The van der Waals surface area contributed by atoms with Crippen LogP contribution in [0.1, 0.15) is 39.2 Å². The molecule has 0 spiro atoms. The molecule has 1 fully saturated rings. The molecule has 1 aromatic rings. The Hall–Kier alpha value is -1.40. The molecule has 0 saturated carbocycles. The first-order valence-corrected chi connectivity index (χ1v) is 7.84. The number of likely N-dealkylation sites (N-methyl/N-ethyl adjacent to an activating group) is 1. The fraction of sp³-hybridized carbons (Fsp3) is 0.733. The van der Waals surface area contributed by atoms with Gasteiger partial charge < -0.3 is 10.6 Å². The highest BCUT2D eigenvalue weighted by Crippen LogP contribution is 2.17. The van der Waals surface area contributed by atoms with Gasteiger partial charge in [0, 0.05) is 24.7 Å². The molecule has 0 radical (unpaired) electrons. The monoisotopic (exact) mass is 293 g/mol. The van der Waals surface area contributed by atoms with Gasteiger partial charge in [-0.2, -0.15) is 5.10 Å². The van der Waals surface area contributed by atoms with E-state index in [1.165, 1.54) is 12.8 Å². The van der Waals surface area contributed by atoms with Crippen LogP contribution in [0, 0.1) is 0 Å². The van der Waals surface area contributed by atoms with Crippen molar-refractivity contribution >= 4 is 11.7 Å². The Morgan fingerprint density at radius 3 is 3.00 bits per heavy atom. The number of aromatic nitrogens is 2. The molecule has 6 nitrogen and oxygen atoms in total. The van der Waals surface area contributed by atoms with Crippen molar-refractivity contribution in [2.75, 3.05) is 32.0 Å². The molecule has 21 heavy (non-hydrogen) atoms. The van der Waals surface area contributed by atoms with Gasteiger partial charge >= 0.3 is 0 Å². The number of nitrogens with one attached hydrogen (secondary N) is 2. The Labute approximate surface area is 126 Å². The number of hydrogen-bond donors (Lipinski definition) is 2. The second kappa shape index (κ2) is 7.56. The number of rotatable bonds is 6. The third-order valence-electron chi connectivity index (χ3n) is 3.96. The standard InChI is InChI=1S/C15H27N5O/c1-12(2)20-14(7-8-17-20)18-15(21)11-19-9-5-4-6-13(19)10-16-3/h7-8,12-13,16H,4-6,9-11H2,1-3H3,(H,18,21). The molecule has 0 aromatic carbocycles. The summed E-state index contributed by atoms with van der Waals surface area (Å²) in [7, 11) is 1.97. The first kappa shape index (κ1) is 16.0. The SMILES string of the molecule is CNCC1CCCCN1CC(=O)Nc1ccnn1C(C)C. The summed E-state index contributed by atoms with van der Waals surface area (Å²) in [5.74, 6) is 0.817. The molecule has 0 aliphatic carbocycles. The second-order valence-corrected chi connectivity index (χ2v) is 5.98. The molecular formula is C15H27N5O. The average Bonchev–Trinajstić information content (AvgIpc) is 2.89. The molecule has 1 unspecified atom stereocenters. The van der Waals surface area contributed by atoms with E-state index in [4.69, 9.17) is 0 Å². The maximum Gasteiger partial charge on any atom is 0.239 e. The lowest BCUT2D eigenvalue weighted by molar-refractivity contribution is -0.118. The van der Waals surface area contributed by atoms with Gasteiger partial charge in [0.25, 0.3) is 0 Å². The number of hydrogen-bond acceptors (Lipinski definition) is 4. The van der Waals surface area contributed by atoms with Gasteiger partial charge in [-0.15, -0.1) is 0 Å². The van der Waals surface area contributed by atoms with E-state index in [0.29, 0.717) is 12.6 Å². The molecule has 2 heterocycles. The lowest BCUT2D eigenvalue weighted by Crippen LogP contribution is -2.48. The van der Waals surface area contributed by atoms with Crippen LogP contribution in [0.2, 0.25) is 0 Å².